The Labute approximate surface area is 136 Å². The van der Waals surface area contributed by atoms with Crippen molar-refractivity contribution in [3.63, 3.8) is 0 Å². The summed E-state index contributed by atoms with van der Waals surface area (Å²) in [5.74, 6) is 0. The van der Waals surface area contributed by atoms with Crippen molar-refractivity contribution in [2.75, 3.05) is 13.1 Å². The molecule has 0 amide bonds. The first-order chi connectivity index (χ1) is 10.7. The van der Waals surface area contributed by atoms with Crippen molar-refractivity contribution >= 4 is 0 Å². The summed E-state index contributed by atoms with van der Waals surface area (Å²) in [5.41, 5.74) is 2.42. The molecule has 0 aliphatic heterocycles. The maximum Gasteiger partial charge on any atom is 0.0551 e. The number of nitrogens with one attached hydrogen (secondary N) is 2. The molecule has 1 aromatic rings. The molecule has 0 spiro atoms. The van der Waals surface area contributed by atoms with Crippen LogP contribution in [0.4, 0.5) is 0 Å². The first-order valence-corrected chi connectivity index (χ1v) is 8.57. The van der Waals surface area contributed by atoms with E-state index >= 15 is 0 Å². The average Bonchev–Trinajstić information content (AvgIpc) is 2.56. The molecular weight excluding hydrogens is 268 g/mol. The van der Waals surface area contributed by atoms with Crippen LogP contribution in [0.5, 0.6) is 0 Å². The van der Waals surface area contributed by atoms with Gasteiger partial charge in [0.1, 0.15) is 0 Å². The second kappa shape index (κ2) is 11.2. The van der Waals surface area contributed by atoms with Crippen molar-refractivity contribution in [2.45, 2.75) is 51.6 Å². The van der Waals surface area contributed by atoms with E-state index < -0.39 is 0 Å². The quantitative estimate of drug-likeness (QED) is 0.435. The highest BCUT2D eigenvalue weighted by molar-refractivity contribution is 5.31. The largest absolute Gasteiger partial charge is 0.307 e. The Bertz CT molecular complexity index is 425. The fourth-order valence-corrected chi connectivity index (χ4v) is 2.51. The molecule has 122 valence electrons. The average molecular weight is 300 g/mol. The lowest BCUT2D eigenvalue weighted by Gasteiger charge is -2.27. The predicted octanol–water partition coefficient (Wildman–Crippen LogP) is 4.62. The zero-order chi connectivity index (χ0) is 16.2. The van der Waals surface area contributed by atoms with Gasteiger partial charge in [0.25, 0.3) is 0 Å². The van der Waals surface area contributed by atoms with Gasteiger partial charge in [0.2, 0.25) is 0 Å². The van der Waals surface area contributed by atoms with Gasteiger partial charge >= 0.3 is 0 Å². The van der Waals surface area contributed by atoms with Crippen molar-refractivity contribution in [1.82, 2.24) is 10.6 Å². The molecule has 0 saturated heterocycles. The summed E-state index contributed by atoms with van der Waals surface area (Å²) in [6.45, 7) is 14.8. The van der Waals surface area contributed by atoms with Crippen LogP contribution in [0.1, 0.15) is 51.1 Å². The van der Waals surface area contributed by atoms with Crippen molar-refractivity contribution in [3.8, 4) is 0 Å². The Kier molecular flexibility index (Phi) is 9.52. The van der Waals surface area contributed by atoms with Gasteiger partial charge in [0.15, 0.2) is 0 Å². The van der Waals surface area contributed by atoms with E-state index in [0.29, 0.717) is 0 Å². The molecular formula is C20H32N2. The fourth-order valence-electron chi connectivity index (χ4n) is 2.51. The van der Waals surface area contributed by atoms with Crippen LogP contribution in [-0.4, -0.2) is 19.1 Å². The third-order valence-electron chi connectivity index (χ3n) is 3.91. The first-order valence-electron chi connectivity index (χ1n) is 8.57. The predicted molar refractivity (Wildman–Crippen MR) is 98.1 cm³/mol. The van der Waals surface area contributed by atoms with Gasteiger partial charge in [-0.15, -0.1) is 6.58 Å². The van der Waals surface area contributed by atoms with E-state index in [0.717, 1.165) is 18.7 Å². The van der Waals surface area contributed by atoms with Gasteiger partial charge in [-0.25, -0.2) is 0 Å². The van der Waals surface area contributed by atoms with E-state index in [4.69, 9.17) is 0 Å². The number of benzene rings is 1. The van der Waals surface area contributed by atoms with Crippen molar-refractivity contribution in [3.05, 3.63) is 60.7 Å². The first kappa shape index (κ1) is 18.7. The zero-order valence-electron chi connectivity index (χ0n) is 14.3. The number of rotatable bonds is 12. The van der Waals surface area contributed by atoms with E-state index in [1.807, 2.05) is 6.08 Å². The Morgan fingerprint density at radius 1 is 1.05 bits per heavy atom. The van der Waals surface area contributed by atoms with Gasteiger partial charge in [-0.2, -0.15) is 0 Å². The molecule has 0 bridgehead atoms. The van der Waals surface area contributed by atoms with Gasteiger partial charge in [-0.3, -0.25) is 0 Å². The van der Waals surface area contributed by atoms with Crippen molar-refractivity contribution < 1.29 is 0 Å². The Morgan fingerprint density at radius 3 is 2.18 bits per heavy atom. The Morgan fingerprint density at radius 2 is 1.64 bits per heavy atom. The smallest absolute Gasteiger partial charge is 0.0551 e. The van der Waals surface area contributed by atoms with Crippen LogP contribution in [0.3, 0.4) is 0 Å². The third kappa shape index (κ3) is 6.17. The SMILES string of the molecule is C=CC(NCCCC)C(=C)C(NCCCC)c1ccccc1. The van der Waals surface area contributed by atoms with Crippen LogP contribution >= 0.6 is 0 Å². The maximum absolute atomic E-state index is 4.36. The summed E-state index contributed by atoms with van der Waals surface area (Å²) in [6, 6.07) is 10.9. The van der Waals surface area contributed by atoms with E-state index in [9.17, 15) is 0 Å². The maximum atomic E-state index is 4.36. The summed E-state index contributed by atoms with van der Waals surface area (Å²) in [7, 11) is 0. The standard InChI is InChI=1S/C20H32N2/c1-5-8-15-21-19(7-3)17(4)20(22-16-9-6-2)18-13-11-10-12-14-18/h7,10-14,19-22H,3-6,8-9,15-16H2,1-2H3. The lowest BCUT2D eigenvalue weighted by atomic mass is 9.94. The molecule has 22 heavy (non-hydrogen) atoms. The van der Waals surface area contributed by atoms with E-state index in [1.54, 1.807) is 0 Å². The highest BCUT2D eigenvalue weighted by atomic mass is 15.0. The van der Waals surface area contributed by atoms with E-state index in [1.165, 1.54) is 31.2 Å². The molecule has 0 heterocycles. The molecule has 2 N–H and O–H groups in total. The molecule has 2 unspecified atom stereocenters. The van der Waals surface area contributed by atoms with Gasteiger partial charge < -0.3 is 10.6 Å². The summed E-state index contributed by atoms with van der Waals surface area (Å²) in [6.07, 6.45) is 6.71. The van der Waals surface area contributed by atoms with Crippen LogP contribution in [-0.2, 0) is 0 Å². The highest BCUT2D eigenvalue weighted by Gasteiger charge is 2.19. The van der Waals surface area contributed by atoms with Crippen molar-refractivity contribution in [1.29, 1.82) is 0 Å². The van der Waals surface area contributed by atoms with Crippen LogP contribution in [0.2, 0.25) is 0 Å². The molecule has 0 saturated carbocycles. The minimum Gasteiger partial charge on any atom is -0.307 e. The minimum atomic E-state index is 0.144. The molecule has 1 aromatic carbocycles. The molecule has 2 nitrogen and oxygen atoms in total. The van der Waals surface area contributed by atoms with Gasteiger partial charge in [-0.05, 0) is 37.1 Å². The van der Waals surface area contributed by atoms with E-state index in [-0.39, 0.29) is 12.1 Å². The molecule has 0 aliphatic rings. The molecule has 2 atom stereocenters. The van der Waals surface area contributed by atoms with Gasteiger partial charge in [0.05, 0.1) is 6.04 Å². The molecule has 0 fully saturated rings. The summed E-state index contributed by atoms with van der Waals surface area (Å²) in [4.78, 5) is 0. The van der Waals surface area contributed by atoms with Crippen LogP contribution < -0.4 is 10.6 Å². The second-order valence-corrected chi connectivity index (χ2v) is 5.75. The molecule has 2 heteroatoms. The Hall–Kier alpha value is -1.38. The highest BCUT2D eigenvalue weighted by Crippen LogP contribution is 2.23. The Balaban J connectivity index is 2.79. The number of hydrogen-bond donors (Lipinski definition) is 2. The molecule has 0 aromatic heterocycles. The van der Waals surface area contributed by atoms with Crippen LogP contribution in [0.15, 0.2) is 55.1 Å². The minimum absolute atomic E-state index is 0.144. The summed E-state index contributed by atoms with van der Waals surface area (Å²) in [5, 5.41) is 7.21. The molecule has 1 rings (SSSR count). The monoisotopic (exact) mass is 300 g/mol. The lowest BCUT2D eigenvalue weighted by molar-refractivity contribution is 0.523. The fraction of sp³-hybridized carbons (Fsp3) is 0.500. The van der Waals surface area contributed by atoms with Crippen molar-refractivity contribution in [2.24, 2.45) is 0 Å². The third-order valence-corrected chi connectivity index (χ3v) is 3.91. The normalized spacial score (nSPS) is 13.5. The topological polar surface area (TPSA) is 24.1 Å². The molecule has 0 radical (unpaired) electrons. The van der Waals surface area contributed by atoms with Gasteiger partial charge in [0, 0.05) is 6.04 Å². The number of hydrogen-bond acceptors (Lipinski definition) is 2. The van der Waals surface area contributed by atoms with Gasteiger partial charge in [-0.1, -0.05) is 69.7 Å². The summed E-state index contributed by atoms with van der Waals surface area (Å²) < 4.78 is 0. The second-order valence-electron chi connectivity index (χ2n) is 5.75. The lowest BCUT2D eigenvalue weighted by Crippen LogP contribution is -2.36. The number of unbranched alkanes of at least 4 members (excludes halogenated alkanes) is 2. The molecule has 0 aliphatic carbocycles. The van der Waals surface area contributed by atoms with E-state index in [2.05, 4.69) is 68.0 Å². The van der Waals surface area contributed by atoms with Crippen LogP contribution in [0, 0.1) is 0 Å². The van der Waals surface area contributed by atoms with Crippen LogP contribution in [0.25, 0.3) is 0 Å². The summed E-state index contributed by atoms with van der Waals surface area (Å²) >= 11 is 0. The zero-order valence-corrected chi connectivity index (χ0v) is 14.3.